The zero-order chi connectivity index (χ0) is 17.9. The van der Waals surface area contributed by atoms with Crippen molar-refractivity contribution >= 4 is 5.97 Å². The van der Waals surface area contributed by atoms with Gasteiger partial charge in [-0.15, -0.1) is 0 Å². The second-order valence-corrected chi connectivity index (χ2v) is 6.20. The summed E-state index contributed by atoms with van der Waals surface area (Å²) >= 11 is 0. The number of aryl methyl sites for hydroxylation is 2. The molecule has 0 aliphatic heterocycles. The fourth-order valence-electron chi connectivity index (χ4n) is 2.56. The molecule has 0 bridgehead atoms. The lowest BCUT2D eigenvalue weighted by molar-refractivity contribution is -0.138. The first-order valence-corrected chi connectivity index (χ1v) is 8.87. The molecule has 0 spiro atoms. The molecule has 2 rings (SSSR count). The molecule has 2 aromatic carbocycles. The Balaban J connectivity index is 1.61. The van der Waals surface area contributed by atoms with Crippen LogP contribution >= 0.6 is 0 Å². The predicted octanol–water partition coefficient (Wildman–Crippen LogP) is 3.69. The second kappa shape index (κ2) is 10.5. The van der Waals surface area contributed by atoms with E-state index in [9.17, 15) is 4.79 Å². The van der Waals surface area contributed by atoms with E-state index in [0.29, 0.717) is 13.2 Å². The van der Waals surface area contributed by atoms with E-state index in [4.69, 9.17) is 9.84 Å². The van der Waals surface area contributed by atoms with Crippen LogP contribution < -0.4 is 10.1 Å². The maximum absolute atomic E-state index is 10.7. The summed E-state index contributed by atoms with van der Waals surface area (Å²) in [5.41, 5.74) is 2.58. The number of hydrogen-bond acceptors (Lipinski definition) is 3. The van der Waals surface area contributed by atoms with Crippen molar-refractivity contribution in [3.63, 3.8) is 0 Å². The van der Waals surface area contributed by atoms with Gasteiger partial charge in [0, 0.05) is 0 Å². The molecule has 25 heavy (non-hydrogen) atoms. The van der Waals surface area contributed by atoms with Crippen molar-refractivity contribution < 1.29 is 14.6 Å². The minimum Gasteiger partial charge on any atom is -0.494 e. The minimum absolute atomic E-state index is 0.494. The Morgan fingerprint density at radius 1 is 1.00 bits per heavy atom. The first kappa shape index (κ1) is 19.0. The van der Waals surface area contributed by atoms with E-state index in [1.165, 1.54) is 11.1 Å². The van der Waals surface area contributed by atoms with Crippen LogP contribution in [0.15, 0.2) is 54.6 Å². The lowest BCUT2D eigenvalue weighted by Gasteiger charge is -2.09. The third-order valence-electron chi connectivity index (χ3n) is 4.11. The Kier molecular flexibility index (Phi) is 7.99. The summed E-state index contributed by atoms with van der Waals surface area (Å²) in [4.78, 5) is 10.7. The first-order valence-electron chi connectivity index (χ1n) is 8.87. The third-order valence-corrected chi connectivity index (χ3v) is 4.11. The van der Waals surface area contributed by atoms with Crippen LogP contribution in [0, 0.1) is 0 Å². The smallest absolute Gasteiger partial charge is 0.320 e. The Morgan fingerprint density at radius 2 is 1.64 bits per heavy atom. The van der Waals surface area contributed by atoms with Gasteiger partial charge in [0.2, 0.25) is 0 Å². The fourth-order valence-corrected chi connectivity index (χ4v) is 2.56. The van der Waals surface area contributed by atoms with Crippen LogP contribution in [0.5, 0.6) is 5.75 Å². The lowest BCUT2D eigenvalue weighted by atomic mass is 10.1. The maximum atomic E-state index is 10.7. The molecule has 0 amide bonds. The van der Waals surface area contributed by atoms with Crippen molar-refractivity contribution in [3.8, 4) is 5.75 Å². The largest absolute Gasteiger partial charge is 0.494 e. The summed E-state index contributed by atoms with van der Waals surface area (Å²) in [6.45, 7) is 3.07. The summed E-state index contributed by atoms with van der Waals surface area (Å²) in [7, 11) is 0. The van der Waals surface area contributed by atoms with Gasteiger partial charge in [-0.05, 0) is 62.4 Å². The van der Waals surface area contributed by atoms with Gasteiger partial charge in [-0.3, -0.25) is 4.79 Å². The molecule has 1 atom stereocenters. The second-order valence-electron chi connectivity index (χ2n) is 6.20. The Labute approximate surface area is 149 Å². The van der Waals surface area contributed by atoms with Crippen molar-refractivity contribution in [3.05, 3.63) is 65.7 Å². The van der Waals surface area contributed by atoms with Crippen molar-refractivity contribution in [1.29, 1.82) is 0 Å². The lowest BCUT2D eigenvalue weighted by Crippen LogP contribution is -2.34. The number of carbonyl (C=O) groups is 1. The van der Waals surface area contributed by atoms with E-state index < -0.39 is 12.0 Å². The highest BCUT2D eigenvalue weighted by atomic mass is 16.5. The molecule has 0 heterocycles. The number of ether oxygens (including phenoxy) is 1. The van der Waals surface area contributed by atoms with Crippen LogP contribution in [0.1, 0.15) is 30.9 Å². The normalized spacial score (nSPS) is 11.9. The van der Waals surface area contributed by atoms with Crippen molar-refractivity contribution in [2.75, 3.05) is 13.2 Å². The summed E-state index contributed by atoms with van der Waals surface area (Å²) in [6, 6.07) is 18.1. The van der Waals surface area contributed by atoms with Gasteiger partial charge >= 0.3 is 5.97 Å². The molecule has 0 saturated carbocycles. The summed E-state index contributed by atoms with van der Waals surface area (Å²) in [5.74, 6) is 0.0863. The highest BCUT2D eigenvalue weighted by Gasteiger charge is 2.08. The van der Waals surface area contributed by atoms with E-state index in [0.717, 1.165) is 31.4 Å². The van der Waals surface area contributed by atoms with E-state index in [1.54, 1.807) is 6.92 Å². The Bertz CT molecular complexity index is 625. The average Bonchev–Trinajstić information content (AvgIpc) is 2.64. The summed E-state index contributed by atoms with van der Waals surface area (Å²) < 4.78 is 5.79. The van der Waals surface area contributed by atoms with Crippen LogP contribution in [0.3, 0.4) is 0 Å². The van der Waals surface area contributed by atoms with Gasteiger partial charge in [-0.2, -0.15) is 0 Å². The number of rotatable bonds is 11. The van der Waals surface area contributed by atoms with Gasteiger partial charge in [-0.25, -0.2) is 0 Å². The van der Waals surface area contributed by atoms with E-state index >= 15 is 0 Å². The molecule has 2 N–H and O–H groups in total. The molecule has 4 nitrogen and oxygen atoms in total. The minimum atomic E-state index is -0.811. The van der Waals surface area contributed by atoms with Crippen LogP contribution in [-0.4, -0.2) is 30.3 Å². The first-order chi connectivity index (χ1) is 12.1. The monoisotopic (exact) mass is 341 g/mol. The molecule has 0 unspecified atom stereocenters. The van der Waals surface area contributed by atoms with E-state index in [1.807, 2.05) is 18.2 Å². The van der Waals surface area contributed by atoms with Crippen LogP contribution in [-0.2, 0) is 17.6 Å². The number of hydrogen-bond donors (Lipinski definition) is 2. The average molecular weight is 341 g/mol. The molecule has 0 fully saturated rings. The highest BCUT2D eigenvalue weighted by molar-refractivity contribution is 5.72. The van der Waals surface area contributed by atoms with Crippen LogP contribution in [0.4, 0.5) is 0 Å². The maximum Gasteiger partial charge on any atom is 0.320 e. The van der Waals surface area contributed by atoms with Gasteiger partial charge in [-0.1, -0.05) is 42.5 Å². The summed E-state index contributed by atoms with van der Waals surface area (Å²) in [5, 5.41) is 11.8. The molecule has 0 aliphatic carbocycles. The van der Waals surface area contributed by atoms with Crippen molar-refractivity contribution in [1.82, 2.24) is 5.32 Å². The highest BCUT2D eigenvalue weighted by Crippen LogP contribution is 2.14. The molecule has 2 aromatic rings. The van der Waals surface area contributed by atoms with Gasteiger partial charge in [0.1, 0.15) is 11.8 Å². The van der Waals surface area contributed by atoms with Gasteiger partial charge in [0.05, 0.1) is 6.61 Å². The molecule has 0 aromatic heterocycles. The van der Waals surface area contributed by atoms with Crippen LogP contribution in [0.25, 0.3) is 0 Å². The quantitative estimate of drug-likeness (QED) is 0.612. The zero-order valence-corrected chi connectivity index (χ0v) is 14.8. The molecule has 0 saturated heterocycles. The molecule has 0 radical (unpaired) electrons. The van der Waals surface area contributed by atoms with E-state index in [-0.39, 0.29) is 0 Å². The van der Waals surface area contributed by atoms with Gasteiger partial charge in [0.25, 0.3) is 0 Å². The molecule has 0 aliphatic rings. The van der Waals surface area contributed by atoms with Crippen LogP contribution in [0.2, 0.25) is 0 Å². The Hall–Kier alpha value is -2.33. The number of nitrogens with one attached hydrogen (secondary N) is 1. The van der Waals surface area contributed by atoms with Crippen molar-refractivity contribution in [2.45, 2.75) is 38.6 Å². The number of carboxylic acids is 1. The SMILES string of the molecule is C[C@H](NCCCc1ccc(OCCCc2ccccc2)cc1)C(=O)O. The van der Waals surface area contributed by atoms with Gasteiger partial charge in [0.15, 0.2) is 0 Å². The Morgan fingerprint density at radius 3 is 2.32 bits per heavy atom. The number of carboxylic acid groups (broad SMARTS) is 1. The number of benzene rings is 2. The number of aliphatic carboxylic acids is 1. The van der Waals surface area contributed by atoms with Gasteiger partial charge < -0.3 is 15.2 Å². The van der Waals surface area contributed by atoms with Crippen molar-refractivity contribution in [2.24, 2.45) is 0 Å². The predicted molar refractivity (Wildman–Crippen MR) is 100 cm³/mol. The zero-order valence-electron chi connectivity index (χ0n) is 14.8. The standard InChI is InChI=1S/C21H27NO3/c1-17(21(23)24)22-15-5-9-19-11-13-20(14-12-19)25-16-6-10-18-7-3-2-4-8-18/h2-4,7-8,11-14,17,22H,5-6,9-10,15-16H2,1H3,(H,23,24)/t17-/m0/s1. The molecular formula is C21H27NO3. The fraction of sp³-hybridized carbons (Fsp3) is 0.381. The molecular weight excluding hydrogens is 314 g/mol. The summed E-state index contributed by atoms with van der Waals surface area (Å²) in [6.07, 6.45) is 3.86. The van der Waals surface area contributed by atoms with E-state index in [2.05, 4.69) is 41.7 Å². The topological polar surface area (TPSA) is 58.6 Å². The third kappa shape index (κ3) is 7.40. The molecule has 4 heteroatoms. The molecule has 134 valence electrons.